The molecule has 0 radical (unpaired) electrons. The molecule has 31 heavy (non-hydrogen) atoms. The normalized spacial score (nSPS) is 11.2. The van der Waals surface area contributed by atoms with Crippen molar-refractivity contribution in [3.05, 3.63) is 83.6 Å². The highest BCUT2D eigenvalue weighted by Gasteiger charge is 2.17. The van der Waals surface area contributed by atoms with Gasteiger partial charge in [0.2, 0.25) is 0 Å². The highest BCUT2D eigenvalue weighted by Crippen LogP contribution is 2.31. The van der Waals surface area contributed by atoms with E-state index in [2.05, 4.69) is 20.2 Å². The van der Waals surface area contributed by atoms with E-state index < -0.39 is 0 Å². The molecule has 0 bridgehead atoms. The lowest BCUT2D eigenvalue weighted by molar-refractivity contribution is 0.415. The third-order valence-electron chi connectivity index (χ3n) is 4.84. The molecule has 0 unspecified atom stereocenters. The van der Waals surface area contributed by atoms with E-state index in [1.807, 2.05) is 77.4 Å². The monoisotopic (exact) mass is 447 g/mol. The minimum absolute atomic E-state index is 0.642. The zero-order valence-electron chi connectivity index (χ0n) is 16.6. The summed E-state index contributed by atoms with van der Waals surface area (Å²) in [6.07, 6.45) is 0. The SMILES string of the molecule is COc1ccc(-c2nnc(SCc3nc4ccccc4[nH]3)n2-c2ccc(Cl)cc2)cc1. The van der Waals surface area contributed by atoms with Crippen LogP contribution < -0.4 is 4.74 Å². The van der Waals surface area contributed by atoms with Crippen LogP contribution in [0.4, 0.5) is 0 Å². The molecule has 0 aliphatic heterocycles. The van der Waals surface area contributed by atoms with Crippen molar-refractivity contribution in [2.75, 3.05) is 7.11 Å². The number of H-pyrrole nitrogens is 1. The highest BCUT2D eigenvalue weighted by molar-refractivity contribution is 7.98. The summed E-state index contributed by atoms with van der Waals surface area (Å²) in [5.74, 6) is 3.07. The van der Waals surface area contributed by atoms with Gasteiger partial charge in [-0.1, -0.05) is 35.5 Å². The molecule has 0 amide bonds. The van der Waals surface area contributed by atoms with Gasteiger partial charge in [0, 0.05) is 16.3 Å². The fourth-order valence-corrected chi connectivity index (χ4v) is 4.27. The molecule has 0 aliphatic carbocycles. The molecule has 0 atom stereocenters. The minimum atomic E-state index is 0.642. The van der Waals surface area contributed by atoms with E-state index in [0.29, 0.717) is 10.8 Å². The van der Waals surface area contributed by atoms with Gasteiger partial charge in [0.15, 0.2) is 11.0 Å². The Kier molecular flexibility index (Phi) is 5.36. The van der Waals surface area contributed by atoms with Crippen molar-refractivity contribution in [1.82, 2.24) is 24.7 Å². The first kappa shape index (κ1) is 19.7. The van der Waals surface area contributed by atoms with Crippen LogP contribution in [0.2, 0.25) is 5.02 Å². The maximum atomic E-state index is 6.11. The van der Waals surface area contributed by atoms with E-state index in [0.717, 1.165) is 44.8 Å². The molecule has 5 rings (SSSR count). The van der Waals surface area contributed by atoms with Crippen molar-refractivity contribution in [2.24, 2.45) is 0 Å². The van der Waals surface area contributed by atoms with Crippen molar-refractivity contribution >= 4 is 34.4 Å². The lowest BCUT2D eigenvalue weighted by Crippen LogP contribution is -2.00. The van der Waals surface area contributed by atoms with Gasteiger partial charge >= 0.3 is 0 Å². The predicted molar refractivity (Wildman–Crippen MR) is 124 cm³/mol. The van der Waals surface area contributed by atoms with Crippen LogP contribution in [0.3, 0.4) is 0 Å². The van der Waals surface area contributed by atoms with Crippen LogP contribution in [-0.4, -0.2) is 31.8 Å². The zero-order chi connectivity index (χ0) is 21.2. The van der Waals surface area contributed by atoms with Gasteiger partial charge in [0.1, 0.15) is 11.6 Å². The Bertz CT molecular complexity index is 1300. The molecule has 1 N–H and O–H groups in total. The summed E-state index contributed by atoms with van der Waals surface area (Å²) in [7, 11) is 1.65. The third kappa shape index (κ3) is 4.02. The standard InChI is InChI=1S/C23H18ClN5OS/c1-30-18-12-6-15(7-13-18)22-27-28-23(29(22)17-10-8-16(24)9-11-17)31-14-21-25-19-4-2-3-5-20(19)26-21/h2-13H,14H2,1H3,(H,25,26). The van der Waals surface area contributed by atoms with Gasteiger partial charge in [-0.25, -0.2) is 4.98 Å². The molecule has 3 aromatic carbocycles. The van der Waals surface area contributed by atoms with Crippen LogP contribution in [0.5, 0.6) is 5.75 Å². The summed E-state index contributed by atoms with van der Waals surface area (Å²) in [4.78, 5) is 8.02. The summed E-state index contributed by atoms with van der Waals surface area (Å²) in [6, 6.07) is 23.4. The molecule has 0 saturated carbocycles. The van der Waals surface area contributed by atoms with Crippen LogP contribution in [0, 0.1) is 0 Å². The number of methoxy groups -OCH3 is 1. The topological polar surface area (TPSA) is 68.6 Å². The number of para-hydroxylation sites is 2. The second-order valence-corrected chi connectivity index (χ2v) is 8.21. The number of rotatable bonds is 6. The van der Waals surface area contributed by atoms with Crippen molar-refractivity contribution < 1.29 is 4.74 Å². The Morgan fingerprint density at radius 3 is 2.48 bits per heavy atom. The molecule has 2 aromatic heterocycles. The number of nitrogens with one attached hydrogen (secondary N) is 1. The van der Waals surface area contributed by atoms with E-state index in [1.54, 1.807) is 18.9 Å². The Hall–Kier alpha value is -3.29. The van der Waals surface area contributed by atoms with E-state index in [4.69, 9.17) is 16.3 Å². The largest absolute Gasteiger partial charge is 0.497 e. The molecular weight excluding hydrogens is 430 g/mol. The number of hydrogen-bond acceptors (Lipinski definition) is 5. The fraction of sp³-hybridized carbons (Fsp3) is 0.0870. The summed E-state index contributed by atoms with van der Waals surface area (Å²) in [6.45, 7) is 0. The van der Waals surface area contributed by atoms with E-state index in [-0.39, 0.29) is 0 Å². The summed E-state index contributed by atoms with van der Waals surface area (Å²) >= 11 is 7.69. The van der Waals surface area contributed by atoms with Crippen LogP contribution in [0.15, 0.2) is 78.0 Å². The van der Waals surface area contributed by atoms with Crippen molar-refractivity contribution in [3.63, 3.8) is 0 Å². The number of aromatic nitrogens is 5. The van der Waals surface area contributed by atoms with Gasteiger partial charge < -0.3 is 9.72 Å². The number of ether oxygens (including phenoxy) is 1. The van der Waals surface area contributed by atoms with Gasteiger partial charge in [0.05, 0.1) is 23.9 Å². The van der Waals surface area contributed by atoms with E-state index >= 15 is 0 Å². The average molecular weight is 448 g/mol. The molecule has 6 nitrogen and oxygen atoms in total. The smallest absolute Gasteiger partial charge is 0.196 e. The molecule has 0 aliphatic rings. The number of aromatic amines is 1. The maximum absolute atomic E-state index is 6.11. The number of nitrogens with zero attached hydrogens (tertiary/aromatic N) is 4. The van der Waals surface area contributed by atoms with Crippen molar-refractivity contribution in [2.45, 2.75) is 10.9 Å². The number of benzene rings is 3. The van der Waals surface area contributed by atoms with Gasteiger partial charge in [-0.05, 0) is 60.7 Å². The number of halogens is 1. The summed E-state index contributed by atoms with van der Waals surface area (Å²) in [5.41, 5.74) is 3.86. The van der Waals surface area contributed by atoms with Crippen molar-refractivity contribution in [3.8, 4) is 22.8 Å². The Morgan fingerprint density at radius 1 is 0.968 bits per heavy atom. The number of hydrogen-bond donors (Lipinski definition) is 1. The number of fused-ring (bicyclic) bond motifs is 1. The average Bonchev–Trinajstić information content (AvgIpc) is 3.42. The summed E-state index contributed by atoms with van der Waals surface area (Å²) in [5, 5.41) is 10.4. The predicted octanol–water partition coefficient (Wildman–Crippen LogP) is 5.76. The van der Waals surface area contributed by atoms with Gasteiger partial charge in [-0.2, -0.15) is 0 Å². The third-order valence-corrected chi connectivity index (χ3v) is 6.03. The quantitative estimate of drug-likeness (QED) is 0.335. The molecule has 5 aromatic rings. The molecular formula is C23H18ClN5OS. The summed E-state index contributed by atoms with van der Waals surface area (Å²) < 4.78 is 7.31. The fourth-order valence-electron chi connectivity index (χ4n) is 3.32. The van der Waals surface area contributed by atoms with Crippen LogP contribution >= 0.6 is 23.4 Å². The molecule has 8 heteroatoms. The Labute approximate surface area is 188 Å². The molecule has 2 heterocycles. The number of thioether (sulfide) groups is 1. The van der Waals surface area contributed by atoms with E-state index in [1.165, 1.54) is 0 Å². The van der Waals surface area contributed by atoms with Gasteiger partial charge in [-0.15, -0.1) is 10.2 Å². The lowest BCUT2D eigenvalue weighted by Gasteiger charge is -2.10. The van der Waals surface area contributed by atoms with Crippen LogP contribution in [0.1, 0.15) is 5.82 Å². The Balaban J connectivity index is 1.51. The van der Waals surface area contributed by atoms with Gasteiger partial charge in [0.25, 0.3) is 0 Å². The first-order chi connectivity index (χ1) is 15.2. The van der Waals surface area contributed by atoms with E-state index in [9.17, 15) is 0 Å². The molecule has 0 saturated heterocycles. The number of imidazole rings is 1. The minimum Gasteiger partial charge on any atom is -0.497 e. The molecule has 0 fully saturated rings. The van der Waals surface area contributed by atoms with Gasteiger partial charge in [-0.3, -0.25) is 4.57 Å². The second-order valence-electron chi connectivity index (χ2n) is 6.84. The molecule has 0 spiro atoms. The zero-order valence-corrected chi connectivity index (χ0v) is 18.2. The maximum Gasteiger partial charge on any atom is 0.196 e. The van der Waals surface area contributed by atoms with Crippen molar-refractivity contribution in [1.29, 1.82) is 0 Å². The lowest BCUT2D eigenvalue weighted by atomic mass is 10.2. The second kappa shape index (κ2) is 8.45. The Morgan fingerprint density at radius 2 is 1.74 bits per heavy atom. The highest BCUT2D eigenvalue weighted by atomic mass is 35.5. The first-order valence-corrected chi connectivity index (χ1v) is 11.0. The van der Waals surface area contributed by atoms with Crippen LogP contribution in [-0.2, 0) is 5.75 Å². The first-order valence-electron chi connectivity index (χ1n) is 9.63. The van der Waals surface area contributed by atoms with Crippen LogP contribution in [0.25, 0.3) is 28.1 Å². The molecule has 154 valence electrons.